The maximum Gasteiger partial charge on any atom is 0.239 e. The molecule has 0 aromatic rings. The monoisotopic (exact) mass is 267 g/mol. The van der Waals surface area contributed by atoms with Gasteiger partial charge in [-0.05, 0) is 45.2 Å². The molecule has 1 atom stereocenters. The molecule has 0 aromatic heterocycles. The molecule has 2 saturated heterocycles. The summed E-state index contributed by atoms with van der Waals surface area (Å²) in [5.74, 6) is 0.314. The summed E-state index contributed by atoms with van der Waals surface area (Å²) in [6, 6.07) is 0.525. The minimum absolute atomic E-state index is 0.0763. The van der Waals surface area contributed by atoms with Gasteiger partial charge in [-0.1, -0.05) is 13.3 Å². The molecule has 4 heteroatoms. The molecule has 110 valence electrons. The Labute approximate surface area is 117 Å². The van der Waals surface area contributed by atoms with Crippen LogP contribution in [0.4, 0.5) is 0 Å². The quantitative estimate of drug-likeness (QED) is 0.837. The van der Waals surface area contributed by atoms with E-state index in [4.69, 9.17) is 0 Å². The van der Waals surface area contributed by atoms with Gasteiger partial charge in [-0.2, -0.15) is 0 Å². The highest BCUT2D eigenvalue weighted by molar-refractivity contribution is 5.82. The molecular weight excluding hydrogens is 238 g/mol. The second-order valence-electron chi connectivity index (χ2n) is 6.02. The summed E-state index contributed by atoms with van der Waals surface area (Å²) in [5.41, 5.74) is 0. The molecule has 1 amide bonds. The Hall–Kier alpha value is -0.610. The third-order valence-corrected chi connectivity index (χ3v) is 4.60. The Bertz CT molecular complexity index is 281. The van der Waals surface area contributed by atoms with E-state index in [0.717, 1.165) is 38.9 Å². The van der Waals surface area contributed by atoms with Crippen molar-refractivity contribution < 1.29 is 4.79 Å². The van der Waals surface area contributed by atoms with E-state index in [2.05, 4.69) is 17.1 Å². The van der Waals surface area contributed by atoms with E-state index in [9.17, 15) is 4.79 Å². The highest BCUT2D eigenvalue weighted by Gasteiger charge is 2.29. The minimum Gasteiger partial charge on any atom is -0.341 e. The highest BCUT2D eigenvalue weighted by atomic mass is 16.2. The number of carbonyl (C=O) groups is 1. The van der Waals surface area contributed by atoms with Gasteiger partial charge < -0.3 is 15.1 Å². The first-order chi connectivity index (χ1) is 9.22. The van der Waals surface area contributed by atoms with E-state index in [-0.39, 0.29) is 6.04 Å². The van der Waals surface area contributed by atoms with Crippen LogP contribution in [0.3, 0.4) is 0 Å². The van der Waals surface area contributed by atoms with Gasteiger partial charge in [0.1, 0.15) is 0 Å². The molecule has 0 spiro atoms. The topological polar surface area (TPSA) is 35.6 Å². The third-order valence-electron chi connectivity index (χ3n) is 4.60. The standard InChI is InChI=1S/C15H29N3O/c1-3-10-18-11-7-13(8-12-18)17(2)15(19)14-6-4-5-9-16-14/h13-14,16H,3-12H2,1-2H3/t14-/m0/s1. The molecule has 19 heavy (non-hydrogen) atoms. The van der Waals surface area contributed by atoms with Crippen LogP contribution in [-0.4, -0.2) is 61.0 Å². The summed E-state index contributed by atoms with van der Waals surface area (Å²) in [7, 11) is 2.00. The molecule has 1 N–H and O–H groups in total. The van der Waals surface area contributed by atoms with E-state index in [1.807, 2.05) is 11.9 Å². The van der Waals surface area contributed by atoms with Crippen LogP contribution in [0.15, 0.2) is 0 Å². The average molecular weight is 267 g/mol. The molecule has 0 aromatic carbocycles. The Balaban J connectivity index is 1.79. The molecule has 0 bridgehead atoms. The fraction of sp³-hybridized carbons (Fsp3) is 0.933. The fourth-order valence-corrected chi connectivity index (χ4v) is 3.33. The van der Waals surface area contributed by atoms with Crippen molar-refractivity contribution in [1.29, 1.82) is 0 Å². The van der Waals surface area contributed by atoms with E-state index < -0.39 is 0 Å². The van der Waals surface area contributed by atoms with Gasteiger partial charge in [-0.15, -0.1) is 0 Å². The Morgan fingerprint density at radius 3 is 2.58 bits per heavy atom. The molecular formula is C15H29N3O. The maximum atomic E-state index is 12.5. The van der Waals surface area contributed by atoms with Crippen molar-refractivity contribution in [2.24, 2.45) is 0 Å². The number of carbonyl (C=O) groups excluding carboxylic acids is 1. The fourth-order valence-electron chi connectivity index (χ4n) is 3.33. The van der Waals surface area contributed by atoms with Crippen LogP contribution >= 0.6 is 0 Å². The van der Waals surface area contributed by atoms with Crippen molar-refractivity contribution in [3.05, 3.63) is 0 Å². The SMILES string of the molecule is CCCN1CCC(N(C)C(=O)[C@@H]2CCCCN2)CC1. The van der Waals surface area contributed by atoms with Crippen LogP contribution in [-0.2, 0) is 4.79 Å². The minimum atomic E-state index is 0.0763. The van der Waals surface area contributed by atoms with Crippen LogP contribution in [0, 0.1) is 0 Å². The predicted octanol–water partition coefficient (Wildman–Crippen LogP) is 1.46. The van der Waals surface area contributed by atoms with Gasteiger partial charge in [0.25, 0.3) is 0 Å². The van der Waals surface area contributed by atoms with Crippen molar-refractivity contribution in [2.45, 2.75) is 57.5 Å². The number of hydrogen-bond acceptors (Lipinski definition) is 3. The molecule has 2 fully saturated rings. The summed E-state index contributed by atoms with van der Waals surface area (Å²) in [6.07, 6.45) is 6.91. The molecule has 2 heterocycles. The summed E-state index contributed by atoms with van der Waals surface area (Å²) in [5, 5.41) is 3.37. The van der Waals surface area contributed by atoms with Crippen molar-refractivity contribution in [2.75, 3.05) is 33.2 Å². The zero-order valence-corrected chi connectivity index (χ0v) is 12.5. The summed E-state index contributed by atoms with van der Waals surface area (Å²) >= 11 is 0. The largest absolute Gasteiger partial charge is 0.341 e. The summed E-state index contributed by atoms with van der Waals surface area (Å²) in [4.78, 5) is 17.0. The van der Waals surface area contributed by atoms with E-state index >= 15 is 0 Å². The van der Waals surface area contributed by atoms with Gasteiger partial charge in [0.2, 0.25) is 5.91 Å². The molecule has 0 radical (unpaired) electrons. The molecule has 0 aliphatic carbocycles. The lowest BCUT2D eigenvalue weighted by molar-refractivity contribution is -0.135. The summed E-state index contributed by atoms with van der Waals surface area (Å²) in [6.45, 7) is 6.73. The Morgan fingerprint density at radius 1 is 1.26 bits per heavy atom. The zero-order valence-electron chi connectivity index (χ0n) is 12.5. The van der Waals surface area contributed by atoms with Crippen molar-refractivity contribution in [1.82, 2.24) is 15.1 Å². The maximum absolute atomic E-state index is 12.5. The third kappa shape index (κ3) is 3.93. The average Bonchev–Trinajstić information content (AvgIpc) is 2.48. The zero-order chi connectivity index (χ0) is 13.7. The number of hydrogen-bond donors (Lipinski definition) is 1. The number of nitrogens with zero attached hydrogens (tertiary/aromatic N) is 2. The molecule has 0 saturated carbocycles. The van der Waals surface area contributed by atoms with Gasteiger partial charge in [-0.25, -0.2) is 0 Å². The van der Waals surface area contributed by atoms with Gasteiger partial charge in [0.15, 0.2) is 0 Å². The summed E-state index contributed by atoms with van der Waals surface area (Å²) < 4.78 is 0. The number of likely N-dealkylation sites (N-methyl/N-ethyl adjacent to an activating group) is 1. The van der Waals surface area contributed by atoms with Crippen molar-refractivity contribution in [3.8, 4) is 0 Å². The molecule has 4 nitrogen and oxygen atoms in total. The number of rotatable bonds is 4. The molecule has 0 unspecified atom stereocenters. The first-order valence-electron chi connectivity index (χ1n) is 7.94. The molecule has 2 aliphatic heterocycles. The first-order valence-corrected chi connectivity index (χ1v) is 7.94. The lowest BCUT2D eigenvalue weighted by Crippen LogP contribution is -2.52. The first kappa shape index (κ1) is 14.8. The second-order valence-corrected chi connectivity index (χ2v) is 6.02. The Morgan fingerprint density at radius 2 is 2.00 bits per heavy atom. The number of piperidine rings is 2. The van der Waals surface area contributed by atoms with Crippen molar-refractivity contribution in [3.63, 3.8) is 0 Å². The van der Waals surface area contributed by atoms with Gasteiger partial charge in [0.05, 0.1) is 6.04 Å². The normalized spacial score (nSPS) is 26.3. The van der Waals surface area contributed by atoms with Gasteiger partial charge >= 0.3 is 0 Å². The van der Waals surface area contributed by atoms with Gasteiger partial charge in [0, 0.05) is 26.2 Å². The van der Waals surface area contributed by atoms with Crippen LogP contribution in [0.2, 0.25) is 0 Å². The lowest BCUT2D eigenvalue weighted by atomic mass is 10.00. The van der Waals surface area contributed by atoms with Crippen LogP contribution in [0.5, 0.6) is 0 Å². The molecule has 2 rings (SSSR count). The highest BCUT2D eigenvalue weighted by Crippen LogP contribution is 2.18. The molecule has 2 aliphatic rings. The van der Waals surface area contributed by atoms with E-state index in [0.29, 0.717) is 11.9 Å². The second kappa shape index (κ2) is 7.25. The number of amides is 1. The van der Waals surface area contributed by atoms with Gasteiger partial charge in [-0.3, -0.25) is 4.79 Å². The lowest BCUT2D eigenvalue weighted by Gasteiger charge is -2.38. The van der Waals surface area contributed by atoms with Crippen molar-refractivity contribution >= 4 is 5.91 Å². The Kier molecular flexibility index (Phi) is 5.64. The smallest absolute Gasteiger partial charge is 0.239 e. The van der Waals surface area contributed by atoms with Crippen LogP contribution in [0.1, 0.15) is 45.4 Å². The van der Waals surface area contributed by atoms with Crippen LogP contribution < -0.4 is 5.32 Å². The number of likely N-dealkylation sites (tertiary alicyclic amines) is 1. The van der Waals surface area contributed by atoms with E-state index in [1.165, 1.54) is 25.8 Å². The van der Waals surface area contributed by atoms with E-state index in [1.54, 1.807) is 0 Å². The predicted molar refractivity (Wildman–Crippen MR) is 78.2 cm³/mol. The number of nitrogens with one attached hydrogen (secondary N) is 1. The van der Waals surface area contributed by atoms with Crippen LogP contribution in [0.25, 0.3) is 0 Å².